The lowest BCUT2D eigenvalue weighted by molar-refractivity contribution is -0.115. The Kier molecular flexibility index (Phi) is 23.4. The van der Waals surface area contributed by atoms with Crippen molar-refractivity contribution in [3.05, 3.63) is 163 Å². The zero-order valence-electron chi connectivity index (χ0n) is 53.2. The van der Waals surface area contributed by atoms with Crippen molar-refractivity contribution in [3.63, 3.8) is 0 Å². The Bertz CT molecular complexity index is 3220. The number of ether oxygens (including phenoxy) is 12. The molecule has 0 amide bonds. The van der Waals surface area contributed by atoms with Crippen LogP contribution < -0.4 is 56.8 Å². The Morgan fingerprint density at radius 3 is 0.437 bits per heavy atom. The summed E-state index contributed by atoms with van der Waals surface area (Å²) in [7, 11) is 0. The third-order valence-corrected chi connectivity index (χ3v) is 15.0. The Hall–Kier alpha value is -8.26. The average Bonchev–Trinajstić information content (AvgIpc) is 1.67. The van der Waals surface area contributed by atoms with E-state index in [0.717, 1.165) is 78.6 Å². The van der Waals surface area contributed by atoms with Gasteiger partial charge in [-0.1, -0.05) is 0 Å². The van der Waals surface area contributed by atoms with Crippen molar-refractivity contribution in [2.75, 3.05) is 79.3 Å². The van der Waals surface area contributed by atoms with Gasteiger partial charge in [0.1, 0.15) is 69.0 Å². The molecule has 14 bridgehead atoms. The first-order valence-corrected chi connectivity index (χ1v) is 31.3. The van der Waals surface area contributed by atoms with Crippen molar-refractivity contribution >= 4 is 11.6 Å². The summed E-state index contributed by atoms with van der Waals surface area (Å²) in [4.78, 5) is 28.6. The Morgan fingerprint density at radius 2 is 0.322 bits per heavy atom. The SMILES string of the molecule is CCOc1cc2c(OCC)cc1CC1=CC(=O)C(=CC1=O)Cc1cc(OCC)c(cc1OCC)Cc1cc(OCC)c(cc1OCC)Cc1cc(OCC)c(cc1OCC)Cc1cc(OCC)c(cc1OCC)Cc1cc(OCC)c(cc1OCC)C2. The van der Waals surface area contributed by atoms with Crippen LogP contribution in [0.2, 0.25) is 0 Å². The molecule has 0 unspecified atom stereocenters. The fraction of sp³-hybridized carbons (Fsp3) is 0.425. The molecule has 14 heteroatoms. The molecule has 87 heavy (non-hydrogen) atoms. The van der Waals surface area contributed by atoms with Gasteiger partial charge in [0.15, 0.2) is 11.6 Å². The van der Waals surface area contributed by atoms with Gasteiger partial charge >= 0.3 is 0 Å². The molecule has 14 nitrogen and oxygen atoms in total. The fourth-order valence-electron chi connectivity index (χ4n) is 11.4. The lowest BCUT2D eigenvalue weighted by atomic mass is 9.88. The summed E-state index contributed by atoms with van der Waals surface area (Å²) < 4.78 is 77.5. The van der Waals surface area contributed by atoms with E-state index in [1.807, 2.05) is 107 Å². The normalized spacial score (nSPS) is 13.2. The molecule has 0 heterocycles. The number of carbonyl (C=O) groups is 2. The van der Waals surface area contributed by atoms with E-state index in [2.05, 4.69) is 48.5 Å². The molecule has 0 spiro atoms. The monoisotopic (exact) mass is 1190 g/mol. The van der Waals surface area contributed by atoms with Crippen LogP contribution in [0.4, 0.5) is 0 Å². The molecule has 0 atom stereocenters. The van der Waals surface area contributed by atoms with Crippen LogP contribution in [-0.2, 0) is 54.5 Å². The lowest BCUT2D eigenvalue weighted by Gasteiger charge is -2.22. The van der Waals surface area contributed by atoms with Crippen molar-refractivity contribution in [1.82, 2.24) is 0 Å². The molecule has 21 rings (SSSR count). The first-order valence-electron chi connectivity index (χ1n) is 31.3. The van der Waals surface area contributed by atoms with Crippen LogP contribution in [0.1, 0.15) is 150 Å². The van der Waals surface area contributed by atoms with Crippen LogP contribution >= 0.6 is 0 Å². The second kappa shape index (κ2) is 31.4. The Labute approximate surface area is 515 Å². The third kappa shape index (κ3) is 15.8. The summed E-state index contributed by atoms with van der Waals surface area (Å²) in [5, 5.41) is 0. The first kappa shape index (κ1) is 64.7. The summed E-state index contributed by atoms with van der Waals surface area (Å²) in [6, 6.07) is 24.4. The maximum absolute atomic E-state index is 14.3. The minimum atomic E-state index is -0.261. The number of ketones is 2. The van der Waals surface area contributed by atoms with Gasteiger partial charge in [0.05, 0.1) is 79.3 Å². The number of rotatable bonds is 24. The molecule has 0 aliphatic heterocycles. The van der Waals surface area contributed by atoms with Gasteiger partial charge in [-0.3, -0.25) is 9.59 Å². The van der Waals surface area contributed by atoms with Gasteiger partial charge in [-0.15, -0.1) is 0 Å². The predicted octanol–water partition coefficient (Wildman–Crippen LogP) is 14.5. The van der Waals surface area contributed by atoms with Gasteiger partial charge in [0.25, 0.3) is 0 Å². The first-order chi connectivity index (χ1) is 42.4. The van der Waals surface area contributed by atoms with E-state index in [4.69, 9.17) is 56.8 Å². The molecule has 0 saturated heterocycles. The second-order valence-electron chi connectivity index (χ2n) is 20.9. The summed E-state index contributed by atoms with van der Waals surface area (Å²) in [5.41, 5.74) is 11.1. The van der Waals surface area contributed by atoms with Crippen molar-refractivity contribution in [2.24, 2.45) is 0 Å². The lowest BCUT2D eigenvalue weighted by Crippen LogP contribution is -2.17. The Morgan fingerprint density at radius 1 is 0.207 bits per heavy atom. The number of benzene rings is 6. The minimum Gasteiger partial charge on any atom is -0.494 e. The summed E-state index contributed by atoms with van der Waals surface area (Å²) in [6.07, 6.45) is 5.39. The number of hydrogen-bond donors (Lipinski definition) is 0. The summed E-state index contributed by atoms with van der Waals surface area (Å²) in [6.45, 7) is 28.6. The van der Waals surface area contributed by atoms with E-state index in [1.165, 1.54) is 12.2 Å². The predicted molar refractivity (Wildman–Crippen MR) is 340 cm³/mol. The standard InChI is InChI=1S/C73H88O14/c1-13-76-62-36-50-27-52-38-68(82-19-7)54(40-66(52)80-17-5)29-56-42-72(86-23-11)58(44-70(56)84-21-9)31-59-45-71(85-22-10)57(43-73(59)87-24-12)30-55-41-67(81-18-6)53(39-69(55)83-20-8)28-51-37-63(77-14-2)49(35-65(51)79-16-4)26-47-33-60(74)46(32-61(47)75)25-48(62)34-64(50)78-15-3/h32-45H,13-31H2,1-12H3. The van der Waals surface area contributed by atoms with Gasteiger partial charge in [0, 0.05) is 123 Å². The van der Waals surface area contributed by atoms with Crippen molar-refractivity contribution in [3.8, 4) is 69.0 Å². The van der Waals surface area contributed by atoms with Gasteiger partial charge in [-0.05, 0) is 168 Å². The van der Waals surface area contributed by atoms with E-state index in [0.29, 0.717) is 180 Å². The zero-order chi connectivity index (χ0) is 62.0. The van der Waals surface area contributed by atoms with E-state index < -0.39 is 0 Å². The second-order valence-corrected chi connectivity index (χ2v) is 20.9. The molecule has 0 N–H and O–H groups in total. The molecular weight excluding hydrogens is 1100 g/mol. The molecule has 0 saturated carbocycles. The van der Waals surface area contributed by atoms with Crippen molar-refractivity contribution in [1.29, 1.82) is 0 Å². The molecule has 0 radical (unpaired) electrons. The van der Waals surface area contributed by atoms with Crippen molar-refractivity contribution < 1.29 is 66.4 Å². The Balaban J connectivity index is 1.34. The topological polar surface area (TPSA) is 145 Å². The molecule has 0 aromatic heterocycles. The minimum absolute atomic E-state index is 0.144. The molecule has 0 fully saturated rings. The van der Waals surface area contributed by atoms with E-state index in [9.17, 15) is 9.59 Å². The number of hydrogen-bond acceptors (Lipinski definition) is 14. The zero-order valence-corrected chi connectivity index (χ0v) is 53.2. The smallest absolute Gasteiger partial charge is 0.182 e. The molecule has 464 valence electrons. The molecule has 15 aliphatic rings. The highest BCUT2D eigenvalue weighted by molar-refractivity contribution is 6.20. The average molecular weight is 1190 g/mol. The third-order valence-electron chi connectivity index (χ3n) is 15.0. The highest BCUT2D eigenvalue weighted by Gasteiger charge is 2.28. The number of allylic oxidation sites excluding steroid dienone is 4. The van der Waals surface area contributed by atoms with Crippen molar-refractivity contribution in [2.45, 2.75) is 128 Å². The van der Waals surface area contributed by atoms with E-state index in [-0.39, 0.29) is 24.4 Å². The van der Waals surface area contributed by atoms with Crippen LogP contribution in [0.15, 0.2) is 96.1 Å². The molecule has 15 aliphatic carbocycles. The molecule has 6 aromatic carbocycles. The van der Waals surface area contributed by atoms with Crippen LogP contribution in [0.5, 0.6) is 69.0 Å². The van der Waals surface area contributed by atoms with Gasteiger partial charge in [-0.25, -0.2) is 0 Å². The van der Waals surface area contributed by atoms with Crippen LogP contribution in [-0.4, -0.2) is 90.8 Å². The fourth-order valence-corrected chi connectivity index (χ4v) is 11.4. The van der Waals surface area contributed by atoms with E-state index in [1.54, 1.807) is 0 Å². The van der Waals surface area contributed by atoms with Gasteiger partial charge in [-0.2, -0.15) is 0 Å². The highest BCUT2D eigenvalue weighted by atomic mass is 16.5. The summed E-state index contributed by atoms with van der Waals surface area (Å²) in [5.74, 6) is 7.60. The number of carbonyl (C=O) groups excluding carboxylic acids is 2. The maximum Gasteiger partial charge on any atom is 0.182 e. The van der Waals surface area contributed by atoms with Gasteiger partial charge in [0.2, 0.25) is 0 Å². The van der Waals surface area contributed by atoms with E-state index >= 15 is 0 Å². The quantitative estimate of drug-likeness (QED) is 0.0530. The summed E-state index contributed by atoms with van der Waals surface area (Å²) >= 11 is 0. The van der Waals surface area contributed by atoms with Gasteiger partial charge < -0.3 is 56.8 Å². The highest BCUT2D eigenvalue weighted by Crippen LogP contribution is 2.44. The maximum atomic E-state index is 14.3. The van der Waals surface area contributed by atoms with Crippen LogP contribution in [0, 0.1) is 0 Å². The molecular formula is C73H88O14. The van der Waals surface area contributed by atoms with Crippen LogP contribution in [0.25, 0.3) is 0 Å². The largest absolute Gasteiger partial charge is 0.494 e. The molecule has 6 aromatic rings. The van der Waals surface area contributed by atoms with Crippen LogP contribution in [0.3, 0.4) is 0 Å².